The lowest BCUT2D eigenvalue weighted by molar-refractivity contribution is 0.673. The molecule has 0 fully saturated rings. The Morgan fingerprint density at radius 2 is 1.88 bits per heavy atom. The molecule has 0 spiro atoms. The summed E-state index contributed by atoms with van der Waals surface area (Å²) in [4.78, 5) is 0. The van der Waals surface area contributed by atoms with Gasteiger partial charge in [0.05, 0.1) is 15.8 Å². The van der Waals surface area contributed by atoms with Gasteiger partial charge in [-0.3, -0.25) is 4.68 Å². The van der Waals surface area contributed by atoms with Crippen molar-refractivity contribution in [3.8, 4) is 0 Å². The van der Waals surface area contributed by atoms with Crippen molar-refractivity contribution in [2.75, 3.05) is 0 Å². The zero-order chi connectivity index (χ0) is 12.3. The molecule has 0 saturated heterocycles. The van der Waals surface area contributed by atoms with Crippen molar-refractivity contribution in [3.05, 3.63) is 50.9 Å². The summed E-state index contributed by atoms with van der Waals surface area (Å²) in [6.45, 7) is 2.97. The normalized spacial score (nSPS) is 10.8. The summed E-state index contributed by atoms with van der Waals surface area (Å²) in [7, 11) is 0. The quantitative estimate of drug-likeness (QED) is 0.654. The Labute approximate surface area is 121 Å². The van der Waals surface area contributed by atoms with Crippen LogP contribution < -0.4 is 0 Å². The highest BCUT2D eigenvalue weighted by atomic mass is 127. The van der Waals surface area contributed by atoms with Crippen molar-refractivity contribution in [2.24, 2.45) is 0 Å². The molecule has 0 aliphatic rings. The average Bonchev–Trinajstić information content (AvgIpc) is 2.70. The van der Waals surface area contributed by atoms with Crippen LogP contribution in [0.2, 0.25) is 0 Å². The van der Waals surface area contributed by atoms with E-state index in [1.54, 1.807) is 0 Å². The van der Waals surface area contributed by atoms with Crippen LogP contribution in [0.4, 0.5) is 0 Å². The van der Waals surface area contributed by atoms with Gasteiger partial charge in [-0.15, -0.1) is 0 Å². The smallest absolute Gasteiger partial charge is 0.0755 e. The number of rotatable bonds is 4. The Hall–Kier alpha value is -0.490. The SMILES string of the molecule is CCc1nn(Cc2ccc(CS)cc2)cc1I. The van der Waals surface area contributed by atoms with Gasteiger partial charge in [-0.05, 0) is 40.1 Å². The predicted octanol–water partition coefficient (Wildman–Crippen LogP) is 3.53. The second-order valence-corrected chi connectivity index (χ2v) is 5.43. The number of hydrogen-bond acceptors (Lipinski definition) is 2. The molecule has 0 N–H and O–H groups in total. The molecular weight excluding hydrogens is 343 g/mol. The van der Waals surface area contributed by atoms with Gasteiger partial charge in [0.2, 0.25) is 0 Å². The van der Waals surface area contributed by atoms with Gasteiger partial charge in [0.1, 0.15) is 0 Å². The van der Waals surface area contributed by atoms with Crippen LogP contribution in [0.15, 0.2) is 30.5 Å². The standard InChI is InChI=1S/C13H15IN2S/c1-2-13-12(14)8-16(15-13)7-10-3-5-11(9-17)6-4-10/h3-6,8,17H,2,7,9H2,1H3. The molecule has 1 heterocycles. The van der Waals surface area contributed by atoms with Crippen molar-refractivity contribution < 1.29 is 0 Å². The first-order chi connectivity index (χ1) is 8.22. The van der Waals surface area contributed by atoms with Gasteiger partial charge < -0.3 is 0 Å². The number of benzene rings is 1. The fourth-order valence-corrected chi connectivity index (χ4v) is 2.72. The van der Waals surface area contributed by atoms with E-state index in [1.165, 1.54) is 20.4 Å². The monoisotopic (exact) mass is 358 g/mol. The largest absolute Gasteiger partial charge is 0.267 e. The summed E-state index contributed by atoms with van der Waals surface area (Å²) in [5.74, 6) is 0.792. The molecule has 0 unspecified atom stereocenters. The highest BCUT2D eigenvalue weighted by molar-refractivity contribution is 14.1. The summed E-state index contributed by atoms with van der Waals surface area (Å²) in [6, 6.07) is 8.53. The van der Waals surface area contributed by atoms with Crippen LogP contribution in [-0.2, 0) is 18.7 Å². The maximum atomic E-state index is 4.56. The summed E-state index contributed by atoms with van der Waals surface area (Å²) < 4.78 is 3.26. The van der Waals surface area contributed by atoms with E-state index in [4.69, 9.17) is 0 Å². The number of aromatic nitrogens is 2. The summed E-state index contributed by atoms with van der Waals surface area (Å²) in [6.07, 6.45) is 3.09. The molecule has 2 nitrogen and oxygen atoms in total. The third-order valence-electron chi connectivity index (χ3n) is 2.67. The summed E-state index contributed by atoms with van der Waals surface area (Å²) in [5, 5.41) is 4.56. The van der Waals surface area contributed by atoms with Crippen molar-refractivity contribution in [2.45, 2.75) is 25.6 Å². The van der Waals surface area contributed by atoms with E-state index in [2.05, 4.69) is 77.7 Å². The van der Waals surface area contributed by atoms with Crippen LogP contribution in [0.1, 0.15) is 23.7 Å². The van der Waals surface area contributed by atoms with E-state index in [9.17, 15) is 0 Å². The molecule has 0 aliphatic carbocycles. The first-order valence-corrected chi connectivity index (χ1v) is 7.34. The predicted molar refractivity (Wildman–Crippen MR) is 82.6 cm³/mol. The van der Waals surface area contributed by atoms with Crippen LogP contribution in [0.25, 0.3) is 0 Å². The minimum absolute atomic E-state index is 0.792. The molecule has 0 aliphatic heterocycles. The van der Waals surface area contributed by atoms with Crippen molar-refractivity contribution in [3.63, 3.8) is 0 Å². The van der Waals surface area contributed by atoms with Gasteiger partial charge in [-0.2, -0.15) is 17.7 Å². The van der Waals surface area contributed by atoms with Crippen molar-refractivity contribution >= 4 is 35.2 Å². The fourth-order valence-electron chi connectivity index (χ4n) is 1.69. The molecule has 0 bridgehead atoms. The summed E-state index contributed by atoms with van der Waals surface area (Å²) >= 11 is 6.60. The molecule has 1 aromatic carbocycles. The van der Waals surface area contributed by atoms with Crippen molar-refractivity contribution in [1.82, 2.24) is 9.78 Å². The van der Waals surface area contributed by atoms with E-state index < -0.39 is 0 Å². The van der Waals surface area contributed by atoms with Crippen LogP contribution in [0.3, 0.4) is 0 Å². The molecule has 0 amide bonds. The molecule has 1 aromatic heterocycles. The lowest BCUT2D eigenvalue weighted by atomic mass is 10.1. The zero-order valence-corrected chi connectivity index (χ0v) is 12.8. The van der Waals surface area contributed by atoms with E-state index >= 15 is 0 Å². The van der Waals surface area contributed by atoms with E-state index in [0.717, 1.165) is 18.7 Å². The molecule has 0 saturated carbocycles. The van der Waals surface area contributed by atoms with Crippen LogP contribution in [0.5, 0.6) is 0 Å². The minimum Gasteiger partial charge on any atom is -0.267 e. The Bertz CT molecular complexity index is 491. The Morgan fingerprint density at radius 1 is 1.24 bits per heavy atom. The number of nitrogens with zero attached hydrogens (tertiary/aromatic N) is 2. The number of hydrogen-bond donors (Lipinski definition) is 1. The van der Waals surface area contributed by atoms with E-state index in [-0.39, 0.29) is 0 Å². The van der Waals surface area contributed by atoms with E-state index in [1.807, 2.05) is 4.68 Å². The van der Waals surface area contributed by atoms with Gasteiger partial charge in [0.15, 0.2) is 0 Å². The van der Waals surface area contributed by atoms with Gasteiger partial charge >= 0.3 is 0 Å². The molecule has 4 heteroatoms. The topological polar surface area (TPSA) is 17.8 Å². The Morgan fingerprint density at radius 3 is 2.41 bits per heavy atom. The average molecular weight is 358 g/mol. The molecule has 0 radical (unpaired) electrons. The number of thiol groups is 1. The van der Waals surface area contributed by atoms with Crippen LogP contribution in [-0.4, -0.2) is 9.78 Å². The molecule has 0 atom stereocenters. The third-order valence-corrected chi connectivity index (χ3v) is 3.94. The minimum atomic E-state index is 0.792. The Kier molecular flexibility index (Phi) is 4.50. The van der Waals surface area contributed by atoms with E-state index in [0.29, 0.717) is 0 Å². The fraction of sp³-hybridized carbons (Fsp3) is 0.308. The van der Waals surface area contributed by atoms with Gasteiger partial charge in [-0.25, -0.2) is 0 Å². The number of halogens is 1. The van der Waals surface area contributed by atoms with Gasteiger partial charge in [0.25, 0.3) is 0 Å². The molecule has 2 aromatic rings. The highest BCUT2D eigenvalue weighted by Gasteiger charge is 2.04. The molecular formula is C13H15IN2S. The lowest BCUT2D eigenvalue weighted by Gasteiger charge is -2.03. The number of aryl methyl sites for hydroxylation is 1. The molecule has 17 heavy (non-hydrogen) atoms. The maximum Gasteiger partial charge on any atom is 0.0755 e. The van der Waals surface area contributed by atoms with Crippen LogP contribution in [0, 0.1) is 3.57 Å². The third kappa shape index (κ3) is 3.25. The highest BCUT2D eigenvalue weighted by Crippen LogP contribution is 2.13. The summed E-state index contributed by atoms with van der Waals surface area (Å²) in [5.41, 5.74) is 3.70. The Balaban J connectivity index is 2.13. The maximum absolute atomic E-state index is 4.56. The second kappa shape index (κ2) is 5.91. The van der Waals surface area contributed by atoms with Crippen LogP contribution >= 0.6 is 35.2 Å². The molecule has 90 valence electrons. The first-order valence-electron chi connectivity index (χ1n) is 5.63. The van der Waals surface area contributed by atoms with Gasteiger partial charge in [0, 0.05) is 11.9 Å². The second-order valence-electron chi connectivity index (χ2n) is 3.95. The van der Waals surface area contributed by atoms with Crippen molar-refractivity contribution in [1.29, 1.82) is 0 Å². The zero-order valence-electron chi connectivity index (χ0n) is 9.73. The first kappa shape index (κ1) is 13.0. The van der Waals surface area contributed by atoms with Gasteiger partial charge in [-0.1, -0.05) is 31.2 Å². The molecule has 2 rings (SSSR count). The lowest BCUT2D eigenvalue weighted by Crippen LogP contribution is -2.00.